The minimum atomic E-state index is -3.67. The summed E-state index contributed by atoms with van der Waals surface area (Å²) in [5.74, 6) is -0.436. The molecule has 3 rings (SSSR count). The summed E-state index contributed by atoms with van der Waals surface area (Å²) in [5.41, 5.74) is 1.26. The van der Waals surface area contributed by atoms with Crippen LogP contribution in [0.3, 0.4) is 0 Å². The van der Waals surface area contributed by atoms with Crippen LogP contribution < -0.4 is 15.1 Å². The maximum Gasteiger partial charge on any atom is 0.250 e. The van der Waals surface area contributed by atoms with Gasteiger partial charge in [-0.1, -0.05) is 0 Å². The summed E-state index contributed by atoms with van der Waals surface area (Å²) in [5, 5.41) is 2.84. The molecule has 0 bridgehead atoms. The van der Waals surface area contributed by atoms with Crippen molar-refractivity contribution in [2.24, 2.45) is 0 Å². The van der Waals surface area contributed by atoms with E-state index in [2.05, 4.69) is 5.32 Å². The van der Waals surface area contributed by atoms with Crippen molar-refractivity contribution in [3.05, 3.63) is 18.2 Å². The molecule has 32 heavy (non-hydrogen) atoms. The number of carbonyl (C=O) groups excluding carboxylic acids is 2. The fourth-order valence-electron chi connectivity index (χ4n) is 4.09. The Kier molecular flexibility index (Phi) is 7.79. The van der Waals surface area contributed by atoms with E-state index in [1.807, 2.05) is 18.7 Å². The first-order valence-electron chi connectivity index (χ1n) is 11.2. The molecule has 9 nitrogen and oxygen atoms in total. The molecule has 2 heterocycles. The number of piperidine rings is 1. The van der Waals surface area contributed by atoms with Crippen molar-refractivity contribution in [3.63, 3.8) is 0 Å². The van der Waals surface area contributed by atoms with Gasteiger partial charge in [-0.2, -0.15) is 0 Å². The smallest absolute Gasteiger partial charge is 0.250 e. The Morgan fingerprint density at radius 3 is 2.69 bits per heavy atom. The van der Waals surface area contributed by atoms with E-state index in [1.54, 1.807) is 12.1 Å². The Hall–Kier alpha value is -2.17. The molecule has 2 amide bonds. The molecule has 0 aromatic heterocycles. The number of hydrogen-bond acceptors (Lipinski definition) is 6. The fourth-order valence-corrected chi connectivity index (χ4v) is 5.01. The van der Waals surface area contributed by atoms with E-state index in [0.29, 0.717) is 25.3 Å². The number of benzene rings is 1. The molecule has 1 fully saturated rings. The highest BCUT2D eigenvalue weighted by molar-refractivity contribution is 7.89. The van der Waals surface area contributed by atoms with Gasteiger partial charge in [-0.3, -0.25) is 14.5 Å². The normalized spacial score (nSPS) is 18.7. The summed E-state index contributed by atoms with van der Waals surface area (Å²) in [6, 6.07) is 4.52. The Labute approximate surface area is 190 Å². The third kappa shape index (κ3) is 5.24. The summed E-state index contributed by atoms with van der Waals surface area (Å²) in [6.45, 7) is 5.50. The number of amides is 2. The van der Waals surface area contributed by atoms with Gasteiger partial charge in [0, 0.05) is 33.8 Å². The van der Waals surface area contributed by atoms with Crippen molar-refractivity contribution in [2.75, 3.05) is 50.1 Å². The molecule has 2 aliphatic heterocycles. The van der Waals surface area contributed by atoms with Crippen LogP contribution in [-0.2, 0) is 24.3 Å². The lowest BCUT2D eigenvalue weighted by Crippen LogP contribution is -2.57. The molecular weight excluding hydrogens is 432 g/mol. The third-order valence-electron chi connectivity index (χ3n) is 5.78. The zero-order chi connectivity index (χ0) is 23.5. The number of hydrogen-bond donors (Lipinski definition) is 1. The summed E-state index contributed by atoms with van der Waals surface area (Å²) in [4.78, 5) is 29.5. The number of carbonyl (C=O) groups is 2. The molecule has 178 valence electrons. The lowest BCUT2D eigenvalue weighted by molar-refractivity contribution is -0.125. The number of rotatable bonds is 9. The number of nitrogens with zero attached hydrogens (tertiary/aromatic N) is 3. The van der Waals surface area contributed by atoms with Crippen LogP contribution in [0.2, 0.25) is 0 Å². The van der Waals surface area contributed by atoms with E-state index in [-0.39, 0.29) is 35.4 Å². The topological polar surface area (TPSA) is 99.3 Å². The molecule has 0 aliphatic carbocycles. The van der Waals surface area contributed by atoms with E-state index >= 15 is 0 Å². The number of ether oxygens (including phenoxy) is 1. The average Bonchev–Trinajstić information content (AvgIpc) is 2.75. The summed E-state index contributed by atoms with van der Waals surface area (Å²) < 4.78 is 32.0. The van der Waals surface area contributed by atoms with E-state index in [0.717, 1.165) is 35.8 Å². The number of sulfonamides is 1. The van der Waals surface area contributed by atoms with Crippen LogP contribution in [0.5, 0.6) is 0 Å². The van der Waals surface area contributed by atoms with Gasteiger partial charge in [-0.15, -0.1) is 0 Å². The number of fused-ring (bicyclic) bond motifs is 3. The van der Waals surface area contributed by atoms with E-state index < -0.39 is 10.0 Å². The first-order valence-corrected chi connectivity index (χ1v) is 12.6. The summed E-state index contributed by atoms with van der Waals surface area (Å²) >= 11 is 0. The Morgan fingerprint density at radius 1 is 1.25 bits per heavy atom. The first-order chi connectivity index (χ1) is 15.1. The van der Waals surface area contributed by atoms with Gasteiger partial charge in [0.1, 0.15) is 12.6 Å². The largest absolute Gasteiger partial charge is 0.379 e. The molecule has 1 saturated heterocycles. The minimum absolute atomic E-state index is 0.0979. The molecule has 0 spiro atoms. The van der Waals surface area contributed by atoms with Gasteiger partial charge in [0.25, 0.3) is 0 Å². The van der Waals surface area contributed by atoms with Crippen LogP contribution in [0.4, 0.5) is 11.4 Å². The maximum absolute atomic E-state index is 13.3. The van der Waals surface area contributed by atoms with Crippen molar-refractivity contribution < 1.29 is 22.7 Å². The predicted octanol–water partition coefficient (Wildman–Crippen LogP) is 1.57. The maximum atomic E-state index is 13.3. The second-order valence-electron chi connectivity index (χ2n) is 8.69. The Balaban J connectivity index is 1.83. The Bertz CT molecular complexity index is 948. The molecule has 2 aliphatic rings. The quantitative estimate of drug-likeness (QED) is 0.555. The number of anilines is 2. The zero-order valence-corrected chi connectivity index (χ0v) is 20.2. The van der Waals surface area contributed by atoms with Crippen LogP contribution in [0.1, 0.15) is 39.5 Å². The van der Waals surface area contributed by atoms with E-state index in [4.69, 9.17) is 4.74 Å². The van der Waals surface area contributed by atoms with Crippen LogP contribution in [0, 0.1) is 0 Å². The van der Waals surface area contributed by atoms with Crippen LogP contribution in [0.25, 0.3) is 0 Å². The van der Waals surface area contributed by atoms with E-state index in [9.17, 15) is 18.0 Å². The standard InChI is InChI=1S/C22H34N4O5S/c1-16(2)31-13-7-11-23-21(27)15-26-20-14-17(32(29,30)24(3)4)9-10-18(20)25-12-6-5-8-19(25)22(26)28/h9-10,14,16,19H,5-8,11-13,15H2,1-4H3,(H,23,27)/t19-/m0/s1. The monoisotopic (exact) mass is 466 g/mol. The van der Waals surface area contributed by atoms with Crippen LogP contribution in [0.15, 0.2) is 23.1 Å². The van der Waals surface area contributed by atoms with Gasteiger partial charge >= 0.3 is 0 Å². The second kappa shape index (κ2) is 10.2. The highest BCUT2D eigenvalue weighted by Crippen LogP contribution is 2.40. The molecule has 1 N–H and O–H groups in total. The fraction of sp³-hybridized carbons (Fsp3) is 0.636. The number of nitrogens with one attached hydrogen (secondary N) is 1. The molecule has 10 heteroatoms. The van der Waals surface area contributed by atoms with Gasteiger partial charge < -0.3 is 15.0 Å². The lowest BCUT2D eigenvalue weighted by atomic mass is 9.96. The zero-order valence-electron chi connectivity index (χ0n) is 19.3. The molecule has 0 radical (unpaired) electrons. The molecule has 1 aromatic rings. The molecular formula is C22H34N4O5S. The average molecular weight is 467 g/mol. The molecule has 1 atom stereocenters. The van der Waals surface area contributed by atoms with Crippen LogP contribution in [-0.4, -0.2) is 77.0 Å². The first kappa shape index (κ1) is 24.5. The Morgan fingerprint density at radius 2 is 2.00 bits per heavy atom. The van der Waals surface area contributed by atoms with Gasteiger partial charge in [0.05, 0.1) is 22.4 Å². The lowest BCUT2D eigenvalue weighted by Gasteiger charge is -2.45. The summed E-state index contributed by atoms with van der Waals surface area (Å²) in [6.07, 6.45) is 3.46. The van der Waals surface area contributed by atoms with Gasteiger partial charge in [-0.25, -0.2) is 12.7 Å². The van der Waals surface area contributed by atoms with E-state index in [1.165, 1.54) is 25.1 Å². The van der Waals surface area contributed by atoms with Gasteiger partial charge in [-0.05, 0) is 57.7 Å². The van der Waals surface area contributed by atoms with Crippen molar-refractivity contribution in [1.82, 2.24) is 9.62 Å². The summed E-state index contributed by atoms with van der Waals surface area (Å²) in [7, 11) is -0.740. The van der Waals surface area contributed by atoms with Gasteiger partial charge in [0.15, 0.2) is 0 Å². The van der Waals surface area contributed by atoms with Crippen LogP contribution >= 0.6 is 0 Å². The molecule has 1 aromatic carbocycles. The molecule has 0 unspecified atom stereocenters. The van der Waals surface area contributed by atoms with Crippen molar-refractivity contribution in [3.8, 4) is 0 Å². The third-order valence-corrected chi connectivity index (χ3v) is 7.59. The van der Waals surface area contributed by atoms with Crippen molar-refractivity contribution in [2.45, 2.75) is 56.6 Å². The highest BCUT2D eigenvalue weighted by Gasteiger charge is 2.40. The predicted molar refractivity (Wildman–Crippen MR) is 123 cm³/mol. The SMILES string of the molecule is CC(C)OCCCNC(=O)CN1C(=O)[C@@H]2CCCCN2c2ccc(S(=O)(=O)N(C)C)cc21. The van der Waals surface area contributed by atoms with Crippen molar-refractivity contribution >= 4 is 33.2 Å². The molecule has 0 saturated carbocycles. The second-order valence-corrected chi connectivity index (χ2v) is 10.8. The van der Waals surface area contributed by atoms with Gasteiger partial charge in [0.2, 0.25) is 21.8 Å². The minimum Gasteiger partial charge on any atom is -0.379 e. The highest BCUT2D eigenvalue weighted by atomic mass is 32.2. The van der Waals surface area contributed by atoms with Crippen molar-refractivity contribution in [1.29, 1.82) is 0 Å².